The molecule has 0 fully saturated rings. The van der Waals surface area contributed by atoms with Crippen molar-refractivity contribution in [1.29, 1.82) is 0 Å². The van der Waals surface area contributed by atoms with Crippen LogP contribution in [0.5, 0.6) is 11.5 Å². The summed E-state index contributed by atoms with van der Waals surface area (Å²) in [5.41, 5.74) is 0.692. The average molecular weight is 348 g/mol. The molecule has 134 valence electrons. The highest BCUT2D eigenvalue weighted by Crippen LogP contribution is 2.30. The standard InChI is InChI=1S/C16H20N4O5/c1-4-25-14-6-5-12(7-15(14)24-3)11(2)18-16(21)10-19-9-13(8-17-19)20(22)23/h5-9,11H,4,10H2,1-3H3,(H,18,21)/t11-/m0/s1. The third kappa shape index (κ3) is 4.69. The minimum atomic E-state index is -0.559. The summed E-state index contributed by atoms with van der Waals surface area (Å²) in [7, 11) is 1.55. The molecule has 0 aliphatic heterocycles. The Kier molecular flexibility index (Phi) is 5.93. The zero-order chi connectivity index (χ0) is 18.4. The Balaban J connectivity index is 2.01. The van der Waals surface area contributed by atoms with Gasteiger partial charge in [0.25, 0.3) is 0 Å². The van der Waals surface area contributed by atoms with Crippen LogP contribution in [0.4, 0.5) is 5.69 Å². The second-order valence-electron chi connectivity index (χ2n) is 5.29. The number of ether oxygens (including phenoxy) is 2. The molecule has 0 bridgehead atoms. The first-order chi connectivity index (χ1) is 11.9. The number of nitro groups is 1. The summed E-state index contributed by atoms with van der Waals surface area (Å²) in [5, 5.41) is 17.2. The van der Waals surface area contributed by atoms with E-state index in [1.54, 1.807) is 19.2 Å². The van der Waals surface area contributed by atoms with Crippen molar-refractivity contribution in [3.8, 4) is 11.5 Å². The third-order valence-corrected chi connectivity index (χ3v) is 3.50. The summed E-state index contributed by atoms with van der Waals surface area (Å²) in [4.78, 5) is 22.2. The number of benzene rings is 1. The molecule has 25 heavy (non-hydrogen) atoms. The van der Waals surface area contributed by atoms with Gasteiger partial charge < -0.3 is 14.8 Å². The SMILES string of the molecule is CCOc1ccc([C@H](C)NC(=O)Cn2cc([N+](=O)[O-])cn2)cc1OC. The lowest BCUT2D eigenvalue weighted by molar-refractivity contribution is -0.385. The van der Waals surface area contributed by atoms with Gasteiger partial charge in [0.05, 0.1) is 24.7 Å². The van der Waals surface area contributed by atoms with Gasteiger partial charge in [-0.3, -0.25) is 19.6 Å². The van der Waals surface area contributed by atoms with E-state index in [-0.39, 0.29) is 24.2 Å². The number of carbonyl (C=O) groups excluding carboxylic acids is 1. The van der Waals surface area contributed by atoms with E-state index in [0.717, 1.165) is 11.8 Å². The van der Waals surface area contributed by atoms with Crippen LogP contribution in [0.25, 0.3) is 0 Å². The van der Waals surface area contributed by atoms with Gasteiger partial charge >= 0.3 is 5.69 Å². The molecule has 0 spiro atoms. The van der Waals surface area contributed by atoms with Crippen LogP contribution < -0.4 is 14.8 Å². The summed E-state index contributed by atoms with van der Waals surface area (Å²) < 4.78 is 12.0. The van der Waals surface area contributed by atoms with Crippen LogP contribution in [-0.4, -0.2) is 34.3 Å². The van der Waals surface area contributed by atoms with Crippen molar-refractivity contribution in [1.82, 2.24) is 15.1 Å². The smallest absolute Gasteiger partial charge is 0.307 e. The largest absolute Gasteiger partial charge is 0.493 e. The summed E-state index contributed by atoms with van der Waals surface area (Å²) in [6.45, 7) is 4.14. The van der Waals surface area contributed by atoms with Crippen LogP contribution in [0.1, 0.15) is 25.5 Å². The number of aromatic nitrogens is 2. The zero-order valence-corrected chi connectivity index (χ0v) is 14.3. The Bertz CT molecular complexity index is 759. The Morgan fingerprint density at radius 1 is 1.44 bits per heavy atom. The number of rotatable bonds is 8. The van der Waals surface area contributed by atoms with Gasteiger partial charge in [-0.15, -0.1) is 0 Å². The Labute approximate surface area is 144 Å². The molecule has 0 aliphatic rings. The van der Waals surface area contributed by atoms with E-state index >= 15 is 0 Å². The minimum absolute atomic E-state index is 0.105. The number of methoxy groups -OCH3 is 1. The topological polar surface area (TPSA) is 109 Å². The van der Waals surface area contributed by atoms with Gasteiger partial charge in [-0.1, -0.05) is 6.07 Å². The first-order valence-corrected chi connectivity index (χ1v) is 7.71. The molecule has 0 saturated carbocycles. The molecular formula is C16H20N4O5. The minimum Gasteiger partial charge on any atom is -0.493 e. The van der Waals surface area contributed by atoms with Crippen molar-refractivity contribution in [2.24, 2.45) is 0 Å². The second kappa shape index (κ2) is 8.13. The molecule has 0 saturated heterocycles. The van der Waals surface area contributed by atoms with E-state index in [2.05, 4.69) is 10.4 Å². The Morgan fingerprint density at radius 2 is 2.20 bits per heavy atom. The van der Waals surface area contributed by atoms with E-state index in [1.165, 1.54) is 10.9 Å². The number of hydrogen-bond acceptors (Lipinski definition) is 6. The van der Waals surface area contributed by atoms with Crippen LogP contribution in [0.15, 0.2) is 30.6 Å². The fraction of sp³-hybridized carbons (Fsp3) is 0.375. The lowest BCUT2D eigenvalue weighted by atomic mass is 10.1. The Morgan fingerprint density at radius 3 is 2.80 bits per heavy atom. The second-order valence-corrected chi connectivity index (χ2v) is 5.29. The molecule has 9 heteroatoms. The molecule has 1 heterocycles. The fourth-order valence-corrected chi connectivity index (χ4v) is 2.28. The third-order valence-electron chi connectivity index (χ3n) is 3.50. The van der Waals surface area contributed by atoms with E-state index in [1.807, 2.05) is 19.9 Å². The molecule has 1 aromatic carbocycles. The van der Waals surface area contributed by atoms with E-state index in [9.17, 15) is 14.9 Å². The van der Waals surface area contributed by atoms with Crippen LogP contribution in [0.2, 0.25) is 0 Å². The molecule has 1 amide bonds. The maximum Gasteiger partial charge on any atom is 0.307 e. The maximum absolute atomic E-state index is 12.1. The summed E-state index contributed by atoms with van der Waals surface area (Å²) in [6, 6.07) is 5.16. The van der Waals surface area contributed by atoms with Crippen molar-refractivity contribution in [3.63, 3.8) is 0 Å². The van der Waals surface area contributed by atoms with Crippen molar-refractivity contribution in [2.75, 3.05) is 13.7 Å². The van der Waals surface area contributed by atoms with Gasteiger partial charge in [0.15, 0.2) is 11.5 Å². The number of nitrogens with one attached hydrogen (secondary N) is 1. The first-order valence-electron chi connectivity index (χ1n) is 7.71. The van der Waals surface area contributed by atoms with Crippen LogP contribution in [0.3, 0.4) is 0 Å². The highest BCUT2D eigenvalue weighted by molar-refractivity contribution is 5.76. The molecule has 2 aromatic rings. The van der Waals surface area contributed by atoms with Gasteiger partial charge in [-0.2, -0.15) is 5.10 Å². The summed E-state index contributed by atoms with van der Waals surface area (Å²) >= 11 is 0. The van der Waals surface area contributed by atoms with E-state index in [4.69, 9.17) is 9.47 Å². The van der Waals surface area contributed by atoms with Crippen LogP contribution in [0, 0.1) is 10.1 Å². The summed E-state index contributed by atoms with van der Waals surface area (Å²) in [6.07, 6.45) is 2.32. The molecular weight excluding hydrogens is 328 g/mol. The lowest BCUT2D eigenvalue weighted by Crippen LogP contribution is -2.30. The monoisotopic (exact) mass is 348 g/mol. The molecule has 0 unspecified atom stereocenters. The van der Waals surface area contributed by atoms with Gasteiger partial charge in [0.2, 0.25) is 5.91 Å². The highest BCUT2D eigenvalue weighted by atomic mass is 16.6. The lowest BCUT2D eigenvalue weighted by Gasteiger charge is -2.17. The van der Waals surface area contributed by atoms with Gasteiger partial charge in [0.1, 0.15) is 18.9 Å². The molecule has 0 aliphatic carbocycles. The predicted molar refractivity (Wildman–Crippen MR) is 89.6 cm³/mol. The molecule has 1 aromatic heterocycles. The van der Waals surface area contributed by atoms with Gasteiger partial charge in [0, 0.05) is 0 Å². The molecule has 2 rings (SSSR count). The molecule has 1 N–H and O–H groups in total. The van der Waals surface area contributed by atoms with Crippen molar-refractivity contribution < 1.29 is 19.2 Å². The van der Waals surface area contributed by atoms with Crippen molar-refractivity contribution in [2.45, 2.75) is 26.4 Å². The van der Waals surface area contributed by atoms with Crippen molar-refractivity contribution in [3.05, 3.63) is 46.3 Å². The number of carbonyl (C=O) groups is 1. The molecule has 9 nitrogen and oxygen atoms in total. The van der Waals surface area contributed by atoms with E-state index in [0.29, 0.717) is 18.1 Å². The molecule has 0 radical (unpaired) electrons. The summed E-state index contributed by atoms with van der Waals surface area (Å²) in [5.74, 6) is 0.914. The first kappa shape index (κ1) is 18.2. The zero-order valence-electron chi connectivity index (χ0n) is 14.3. The fourth-order valence-electron chi connectivity index (χ4n) is 2.28. The number of hydrogen-bond donors (Lipinski definition) is 1. The highest BCUT2D eigenvalue weighted by Gasteiger charge is 2.15. The Hall–Kier alpha value is -3.10. The van der Waals surface area contributed by atoms with Crippen molar-refractivity contribution >= 4 is 11.6 Å². The number of amides is 1. The quantitative estimate of drug-likeness (QED) is 0.578. The maximum atomic E-state index is 12.1. The normalized spacial score (nSPS) is 11.6. The van der Waals surface area contributed by atoms with Crippen LogP contribution in [-0.2, 0) is 11.3 Å². The number of nitrogens with zero attached hydrogens (tertiary/aromatic N) is 3. The predicted octanol–water partition coefficient (Wildman–Crippen LogP) is 2.08. The van der Waals surface area contributed by atoms with Gasteiger partial charge in [-0.05, 0) is 31.5 Å². The molecule has 1 atom stereocenters. The van der Waals surface area contributed by atoms with Crippen LogP contribution >= 0.6 is 0 Å². The average Bonchev–Trinajstić information content (AvgIpc) is 3.04. The van der Waals surface area contributed by atoms with E-state index < -0.39 is 4.92 Å². The van der Waals surface area contributed by atoms with Gasteiger partial charge in [-0.25, -0.2) is 0 Å².